The number of hydrogen-bond acceptors (Lipinski definition) is 9. The van der Waals surface area contributed by atoms with Gasteiger partial charge in [0.1, 0.15) is 16.8 Å². The molecule has 0 saturated heterocycles. The number of ether oxygens (including phenoxy) is 3. The topological polar surface area (TPSA) is 119 Å². The third-order valence-electron chi connectivity index (χ3n) is 5.69. The molecule has 0 unspecified atom stereocenters. The lowest BCUT2D eigenvalue weighted by Gasteiger charge is -2.13. The summed E-state index contributed by atoms with van der Waals surface area (Å²) in [5.41, 5.74) is 4.07. The van der Waals surface area contributed by atoms with Crippen LogP contribution in [0.3, 0.4) is 0 Å². The van der Waals surface area contributed by atoms with Gasteiger partial charge in [0.25, 0.3) is 5.69 Å². The van der Waals surface area contributed by atoms with E-state index in [1.54, 1.807) is 24.7 Å². The van der Waals surface area contributed by atoms with E-state index in [9.17, 15) is 14.9 Å². The van der Waals surface area contributed by atoms with Gasteiger partial charge in [-0.1, -0.05) is 18.2 Å². The minimum atomic E-state index is -0.872. The van der Waals surface area contributed by atoms with Crippen LogP contribution >= 0.6 is 11.7 Å². The molecule has 0 saturated carbocycles. The number of nitro benzene ring substituents is 1. The standard InChI is InChI=1S/C25H20N4O6S/c1-3-34-25(30)35-24-23(16-6-10-20-21(12-16)27-36-26-20)19-13-17(29(31)32)7-11-22(19)28(24)14-15-4-8-18(33-2)9-5-15/h4-13H,3,14H2,1-2H3. The smallest absolute Gasteiger partial charge is 0.497 e. The zero-order chi connectivity index (χ0) is 25.2. The van der Waals surface area contributed by atoms with Crippen molar-refractivity contribution in [1.29, 1.82) is 0 Å². The van der Waals surface area contributed by atoms with Crippen LogP contribution in [0.2, 0.25) is 0 Å². The molecule has 0 spiro atoms. The fourth-order valence-electron chi connectivity index (χ4n) is 4.05. The largest absolute Gasteiger partial charge is 0.515 e. The highest BCUT2D eigenvalue weighted by Crippen LogP contribution is 2.43. The maximum absolute atomic E-state index is 12.5. The summed E-state index contributed by atoms with van der Waals surface area (Å²) < 4.78 is 26.4. The highest BCUT2D eigenvalue weighted by molar-refractivity contribution is 7.00. The normalized spacial score (nSPS) is 11.1. The number of methoxy groups -OCH3 is 1. The number of nitrogens with zero attached hydrogens (tertiary/aromatic N) is 4. The number of nitro groups is 1. The van der Waals surface area contributed by atoms with Gasteiger partial charge >= 0.3 is 6.16 Å². The van der Waals surface area contributed by atoms with Crippen molar-refractivity contribution >= 4 is 45.5 Å². The third-order valence-corrected chi connectivity index (χ3v) is 6.25. The first-order chi connectivity index (χ1) is 17.5. The molecule has 0 radical (unpaired) electrons. The molecule has 10 nitrogen and oxygen atoms in total. The van der Waals surface area contributed by atoms with Crippen LogP contribution in [-0.2, 0) is 11.3 Å². The van der Waals surface area contributed by atoms with Gasteiger partial charge < -0.3 is 18.8 Å². The number of fused-ring (bicyclic) bond motifs is 2. The molecule has 11 heteroatoms. The first kappa shape index (κ1) is 23.2. The molecule has 0 amide bonds. The first-order valence-electron chi connectivity index (χ1n) is 11.0. The summed E-state index contributed by atoms with van der Waals surface area (Å²) in [5.74, 6) is 0.919. The number of rotatable bonds is 7. The van der Waals surface area contributed by atoms with Crippen molar-refractivity contribution < 1.29 is 23.9 Å². The summed E-state index contributed by atoms with van der Waals surface area (Å²) in [5, 5.41) is 12.2. The van der Waals surface area contributed by atoms with Crippen molar-refractivity contribution in [2.24, 2.45) is 0 Å². The Hall–Kier alpha value is -4.51. The first-order valence-corrected chi connectivity index (χ1v) is 11.7. The van der Waals surface area contributed by atoms with Crippen molar-refractivity contribution in [2.75, 3.05) is 13.7 Å². The van der Waals surface area contributed by atoms with Crippen molar-refractivity contribution in [1.82, 2.24) is 13.3 Å². The van der Waals surface area contributed by atoms with Gasteiger partial charge in [0.15, 0.2) is 0 Å². The van der Waals surface area contributed by atoms with Gasteiger partial charge in [-0.2, -0.15) is 8.75 Å². The number of benzene rings is 3. The molecule has 0 aliphatic carbocycles. The zero-order valence-corrected chi connectivity index (χ0v) is 20.2. The van der Waals surface area contributed by atoms with Gasteiger partial charge in [0, 0.05) is 17.5 Å². The molecule has 182 valence electrons. The maximum Gasteiger partial charge on any atom is 0.515 e. The highest BCUT2D eigenvalue weighted by atomic mass is 32.1. The Balaban J connectivity index is 1.77. The van der Waals surface area contributed by atoms with Crippen molar-refractivity contribution in [3.63, 3.8) is 0 Å². The zero-order valence-electron chi connectivity index (χ0n) is 19.3. The van der Waals surface area contributed by atoms with Crippen LogP contribution in [0.25, 0.3) is 33.1 Å². The Kier molecular flexibility index (Phi) is 6.21. The molecule has 0 bridgehead atoms. The molecular formula is C25H20N4O6S. The van der Waals surface area contributed by atoms with Crippen molar-refractivity contribution in [3.8, 4) is 22.8 Å². The van der Waals surface area contributed by atoms with Crippen LogP contribution in [0.1, 0.15) is 12.5 Å². The van der Waals surface area contributed by atoms with E-state index in [-0.39, 0.29) is 18.2 Å². The molecule has 0 aliphatic heterocycles. The Labute approximate surface area is 209 Å². The molecule has 0 atom stereocenters. The number of aromatic nitrogens is 3. The van der Waals surface area contributed by atoms with Gasteiger partial charge in [-0.05, 0) is 48.4 Å². The van der Waals surface area contributed by atoms with E-state index < -0.39 is 11.1 Å². The summed E-state index contributed by atoms with van der Waals surface area (Å²) in [6.45, 7) is 2.14. The number of carbonyl (C=O) groups is 1. The Morgan fingerprint density at radius 1 is 1.06 bits per heavy atom. The molecule has 2 heterocycles. The third kappa shape index (κ3) is 4.31. The second-order valence-corrected chi connectivity index (χ2v) is 8.35. The van der Waals surface area contributed by atoms with E-state index in [0.29, 0.717) is 39.8 Å². The molecular weight excluding hydrogens is 484 g/mol. The predicted octanol–water partition coefficient (Wildman–Crippen LogP) is 5.81. The second kappa shape index (κ2) is 9.62. The SMILES string of the molecule is CCOC(=O)Oc1c(-c2ccc3nsnc3c2)c2cc([N+](=O)[O-])ccc2n1Cc1ccc(OC)cc1. The van der Waals surface area contributed by atoms with E-state index in [1.165, 1.54) is 12.1 Å². The molecule has 5 aromatic rings. The van der Waals surface area contributed by atoms with Crippen molar-refractivity contribution in [2.45, 2.75) is 13.5 Å². The number of hydrogen-bond donors (Lipinski definition) is 0. The van der Waals surface area contributed by atoms with E-state index in [0.717, 1.165) is 22.8 Å². The summed E-state index contributed by atoms with van der Waals surface area (Å²) in [7, 11) is 1.59. The lowest BCUT2D eigenvalue weighted by Crippen LogP contribution is -2.14. The van der Waals surface area contributed by atoms with Crippen LogP contribution in [0.15, 0.2) is 60.7 Å². The Morgan fingerprint density at radius 2 is 1.83 bits per heavy atom. The lowest BCUT2D eigenvalue weighted by molar-refractivity contribution is -0.384. The van der Waals surface area contributed by atoms with E-state index >= 15 is 0 Å². The molecule has 2 aromatic heterocycles. The fourth-order valence-corrected chi connectivity index (χ4v) is 4.57. The Bertz CT molecular complexity index is 1590. The second-order valence-electron chi connectivity index (χ2n) is 7.83. The highest BCUT2D eigenvalue weighted by Gasteiger charge is 2.25. The molecule has 3 aromatic carbocycles. The van der Waals surface area contributed by atoms with E-state index in [1.807, 2.05) is 42.5 Å². The molecule has 0 fully saturated rings. The van der Waals surface area contributed by atoms with Crippen LogP contribution < -0.4 is 9.47 Å². The minimum absolute atomic E-state index is 0.0792. The van der Waals surface area contributed by atoms with Crippen LogP contribution in [0.5, 0.6) is 11.6 Å². The van der Waals surface area contributed by atoms with E-state index in [4.69, 9.17) is 14.2 Å². The minimum Gasteiger partial charge on any atom is -0.497 e. The average Bonchev–Trinajstić information content (AvgIpc) is 3.46. The monoisotopic (exact) mass is 504 g/mol. The van der Waals surface area contributed by atoms with Gasteiger partial charge in [-0.3, -0.25) is 10.1 Å². The van der Waals surface area contributed by atoms with Crippen LogP contribution in [0.4, 0.5) is 10.5 Å². The summed E-state index contributed by atoms with van der Waals surface area (Å²) in [6.07, 6.45) is -0.872. The summed E-state index contributed by atoms with van der Waals surface area (Å²) >= 11 is 1.09. The van der Waals surface area contributed by atoms with Crippen molar-refractivity contribution in [3.05, 3.63) is 76.3 Å². The predicted molar refractivity (Wildman–Crippen MR) is 135 cm³/mol. The summed E-state index contributed by atoms with van der Waals surface area (Å²) in [6, 6.07) is 17.5. The molecule has 0 N–H and O–H groups in total. The molecule has 36 heavy (non-hydrogen) atoms. The van der Waals surface area contributed by atoms with E-state index in [2.05, 4.69) is 8.75 Å². The quantitative estimate of drug-likeness (QED) is 0.155. The van der Waals surface area contributed by atoms with Gasteiger partial charge in [-0.15, -0.1) is 0 Å². The fraction of sp³-hybridized carbons (Fsp3) is 0.160. The van der Waals surface area contributed by atoms with Crippen LogP contribution in [-0.4, -0.2) is 38.1 Å². The maximum atomic E-state index is 12.5. The lowest BCUT2D eigenvalue weighted by atomic mass is 10.0. The number of non-ortho nitro benzene ring substituents is 1. The van der Waals surface area contributed by atoms with Gasteiger partial charge in [-0.25, -0.2) is 4.79 Å². The summed E-state index contributed by atoms with van der Waals surface area (Å²) in [4.78, 5) is 23.7. The average molecular weight is 505 g/mol. The van der Waals surface area contributed by atoms with Gasteiger partial charge in [0.05, 0.1) is 48.0 Å². The van der Waals surface area contributed by atoms with Crippen LogP contribution in [0, 0.1) is 10.1 Å². The number of carbonyl (C=O) groups excluding carboxylic acids is 1. The molecule has 0 aliphatic rings. The van der Waals surface area contributed by atoms with Gasteiger partial charge in [0.2, 0.25) is 5.88 Å². The molecule has 5 rings (SSSR count). The Morgan fingerprint density at radius 3 is 2.56 bits per heavy atom.